The van der Waals surface area contributed by atoms with Gasteiger partial charge in [0.1, 0.15) is 6.04 Å². The predicted molar refractivity (Wildman–Crippen MR) is 71.0 cm³/mol. The summed E-state index contributed by atoms with van der Waals surface area (Å²) in [5.74, 6) is -2.86. The molecule has 0 unspecified atom stereocenters. The number of nitrogens with two attached hydrogens (primary N) is 1. The number of anilines is 1. The van der Waals surface area contributed by atoms with E-state index in [2.05, 4.69) is 5.32 Å². The van der Waals surface area contributed by atoms with Crippen molar-refractivity contribution >= 4 is 23.5 Å². The molecule has 1 aromatic rings. The van der Waals surface area contributed by atoms with E-state index in [0.717, 1.165) is 0 Å². The van der Waals surface area contributed by atoms with E-state index in [1.165, 1.54) is 0 Å². The summed E-state index contributed by atoms with van der Waals surface area (Å²) in [4.78, 5) is 33.1. The first-order valence-corrected chi connectivity index (χ1v) is 5.97. The van der Waals surface area contributed by atoms with E-state index in [-0.39, 0.29) is 19.3 Å². The van der Waals surface area contributed by atoms with Gasteiger partial charge in [0.2, 0.25) is 5.91 Å². The van der Waals surface area contributed by atoms with Crippen LogP contribution < -0.4 is 11.1 Å². The van der Waals surface area contributed by atoms with Crippen LogP contribution in [0.1, 0.15) is 18.4 Å². The molecule has 7 nitrogen and oxygen atoms in total. The van der Waals surface area contributed by atoms with E-state index < -0.39 is 23.9 Å². The lowest BCUT2D eigenvalue weighted by Gasteiger charge is -2.13. The van der Waals surface area contributed by atoms with Crippen LogP contribution in [0.15, 0.2) is 24.3 Å². The minimum absolute atomic E-state index is 0.0120. The first-order chi connectivity index (χ1) is 9.38. The summed E-state index contributed by atoms with van der Waals surface area (Å²) >= 11 is 0. The van der Waals surface area contributed by atoms with Crippen LogP contribution in [0, 0.1) is 0 Å². The Morgan fingerprint density at radius 3 is 2.50 bits per heavy atom. The Bertz CT molecular complexity index is 515. The van der Waals surface area contributed by atoms with Gasteiger partial charge in [0.05, 0.1) is 6.42 Å². The van der Waals surface area contributed by atoms with Gasteiger partial charge in [-0.15, -0.1) is 0 Å². The van der Waals surface area contributed by atoms with E-state index in [1.54, 1.807) is 24.3 Å². The number of aliphatic carboxylic acids is 2. The normalized spacial score (nSPS) is 11.6. The standard InChI is InChI=1S/C13H16N2O5/c14-9-3-1-2-8(6-9)7-11(16)15-10(13(19)20)4-5-12(17)18/h1-3,6,10H,4-5,7,14H2,(H,15,16)(H,17,18)(H,19,20)/t10-/m0/s1. The van der Waals surface area contributed by atoms with Crippen LogP contribution in [0.2, 0.25) is 0 Å². The fraction of sp³-hybridized carbons (Fsp3) is 0.308. The van der Waals surface area contributed by atoms with Gasteiger partial charge in [0.25, 0.3) is 0 Å². The summed E-state index contributed by atoms with van der Waals surface area (Å²) in [7, 11) is 0. The highest BCUT2D eigenvalue weighted by molar-refractivity contribution is 5.85. The number of nitrogen functional groups attached to an aromatic ring is 1. The highest BCUT2D eigenvalue weighted by Crippen LogP contribution is 2.07. The first kappa shape index (κ1) is 15.5. The summed E-state index contributed by atoms with van der Waals surface area (Å²) < 4.78 is 0. The minimum Gasteiger partial charge on any atom is -0.481 e. The van der Waals surface area contributed by atoms with E-state index in [1.807, 2.05) is 0 Å². The molecule has 5 N–H and O–H groups in total. The number of carbonyl (C=O) groups excluding carboxylic acids is 1. The first-order valence-electron chi connectivity index (χ1n) is 5.97. The second-order valence-electron chi connectivity index (χ2n) is 4.31. The lowest BCUT2D eigenvalue weighted by Crippen LogP contribution is -2.41. The molecule has 0 aliphatic carbocycles. The van der Waals surface area contributed by atoms with Crippen molar-refractivity contribution in [1.82, 2.24) is 5.32 Å². The average molecular weight is 280 g/mol. The maximum atomic E-state index is 11.7. The van der Waals surface area contributed by atoms with Crippen LogP contribution in [0.4, 0.5) is 5.69 Å². The molecule has 0 aliphatic heterocycles. The van der Waals surface area contributed by atoms with E-state index >= 15 is 0 Å². The van der Waals surface area contributed by atoms with Gasteiger partial charge >= 0.3 is 11.9 Å². The molecule has 0 spiro atoms. The number of amides is 1. The third-order valence-electron chi connectivity index (χ3n) is 2.60. The summed E-state index contributed by atoms with van der Waals surface area (Å²) in [6.07, 6.45) is -0.495. The molecule has 108 valence electrons. The molecule has 0 aliphatic rings. The predicted octanol–water partition coefficient (Wildman–Crippen LogP) is 0.245. The Balaban J connectivity index is 2.57. The van der Waals surface area contributed by atoms with Crippen molar-refractivity contribution in [3.05, 3.63) is 29.8 Å². The van der Waals surface area contributed by atoms with Crippen molar-refractivity contribution in [2.45, 2.75) is 25.3 Å². The number of hydrogen-bond donors (Lipinski definition) is 4. The number of carboxylic acids is 2. The van der Waals surface area contributed by atoms with E-state index in [9.17, 15) is 14.4 Å². The topological polar surface area (TPSA) is 130 Å². The minimum atomic E-state index is -1.26. The summed E-state index contributed by atoms with van der Waals surface area (Å²) in [6, 6.07) is 5.47. The quantitative estimate of drug-likeness (QED) is 0.529. The van der Waals surface area contributed by atoms with Crippen LogP contribution in [0.3, 0.4) is 0 Å². The zero-order valence-corrected chi connectivity index (χ0v) is 10.7. The Kier molecular flexibility index (Phi) is 5.52. The van der Waals surface area contributed by atoms with Gasteiger partial charge in [-0.25, -0.2) is 4.79 Å². The molecule has 1 aromatic carbocycles. The van der Waals surface area contributed by atoms with Crippen LogP contribution in [0.25, 0.3) is 0 Å². The number of rotatable bonds is 7. The van der Waals surface area contributed by atoms with Gasteiger partial charge in [-0.05, 0) is 24.1 Å². The van der Waals surface area contributed by atoms with Crippen molar-refractivity contribution in [3.8, 4) is 0 Å². The molecule has 0 heterocycles. The molecule has 0 saturated carbocycles. The molecule has 1 rings (SSSR count). The fourth-order valence-electron chi connectivity index (χ4n) is 1.66. The second kappa shape index (κ2) is 7.13. The molecule has 20 heavy (non-hydrogen) atoms. The maximum Gasteiger partial charge on any atom is 0.326 e. The molecule has 0 fully saturated rings. The van der Waals surface area contributed by atoms with Gasteiger partial charge in [-0.1, -0.05) is 12.1 Å². The molecule has 1 atom stereocenters. The van der Waals surface area contributed by atoms with Crippen molar-refractivity contribution in [1.29, 1.82) is 0 Å². The molecular weight excluding hydrogens is 264 g/mol. The number of nitrogens with one attached hydrogen (secondary N) is 1. The molecule has 0 saturated heterocycles. The van der Waals surface area contributed by atoms with Crippen molar-refractivity contribution < 1.29 is 24.6 Å². The molecule has 0 aromatic heterocycles. The van der Waals surface area contributed by atoms with Crippen LogP contribution in [-0.2, 0) is 20.8 Å². The van der Waals surface area contributed by atoms with Crippen molar-refractivity contribution in [3.63, 3.8) is 0 Å². The van der Waals surface area contributed by atoms with Crippen LogP contribution in [0.5, 0.6) is 0 Å². The van der Waals surface area contributed by atoms with E-state index in [0.29, 0.717) is 11.3 Å². The largest absolute Gasteiger partial charge is 0.481 e. The zero-order valence-electron chi connectivity index (χ0n) is 10.7. The summed E-state index contributed by atoms with van der Waals surface area (Å²) in [5, 5.41) is 19.7. The maximum absolute atomic E-state index is 11.7. The summed E-state index contributed by atoms with van der Waals surface area (Å²) in [5.41, 5.74) is 6.74. The number of benzene rings is 1. The van der Waals surface area contributed by atoms with Gasteiger partial charge in [0.15, 0.2) is 0 Å². The molecule has 0 radical (unpaired) electrons. The third kappa shape index (κ3) is 5.38. The Labute approximate surface area is 115 Å². The number of hydrogen-bond acceptors (Lipinski definition) is 4. The molecule has 7 heteroatoms. The number of carboxylic acid groups (broad SMARTS) is 2. The second-order valence-corrected chi connectivity index (χ2v) is 4.31. The Morgan fingerprint density at radius 1 is 1.25 bits per heavy atom. The number of carbonyl (C=O) groups is 3. The molecule has 1 amide bonds. The van der Waals surface area contributed by atoms with Crippen LogP contribution >= 0.6 is 0 Å². The van der Waals surface area contributed by atoms with Gasteiger partial charge in [-0.2, -0.15) is 0 Å². The fourth-order valence-corrected chi connectivity index (χ4v) is 1.66. The lowest BCUT2D eigenvalue weighted by atomic mass is 10.1. The molecular formula is C13H16N2O5. The van der Waals surface area contributed by atoms with Crippen molar-refractivity contribution in [2.24, 2.45) is 0 Å². The third-order valence-corrected chi connectivity index (χ3v) is 2.60. The van der Waals surface area contributed by atoms with Gasteiger partial charge in [-0.3, -0.25) is 9.59 Å². The zero-order chi connectivity index (χ0) is 15.1. The Hall–Kier alpha value is -2.57. The average Bonchev–Trinajstić information content (AvgIpc) is 2.33. The highest BCUT2D eigenvalue weighted by Gasteiger charge is 2.20. The van der Waals surface area contributed by atoms with Gasteiger partial charge < -0.3 is 21.3 Å². The monoisotopic (exact) mass is 280 g/mol. The van der Waals surface area contributed by atoms with Gasteiger partial charge in [0, 0.05) is 12.1 Å². The smallest absolute Gasteiger partial charge is 0.326 e. The van der Waals surface area contributed by atoms with Crippen molar-refractivity contribution in [2.75, 3.05) is 5.73 Å². The Morgan fingerprint density at radius 2 is 1.95 bits per heavy atom. The van der Waals surface area contributed by atoms with Crippen LogP contribution in [-0.4, -0.2) is 34.1 Å². The highest BCUT2D eigenvalue weighted by atomic mass is 16.4. The van der Waals surface area contributed by atoms with E-state index in [4.69, 9.17) is 15.9 Å². The molecule has 0 bridgehead atoms. The lowest BCUT2D eigenvalue weighted by molar-refractivity contribution is -0.143. The summed E-state index contributed by atoms with van der Waals surface area (Å²) in [6.45, 7) is 0. The SMILES string of the molecule is Nc1cccc(CC(=O)N[C@@H](CCC(=O)O)C(=O)O)c1.